The maximum absolute atomic E-state index is 13.7. The van der Waals surface area contributed by atoms with Gasteiger partial charge in [-0.2, -0.15) is 0 Å². The average Bonchev–Trinajstić information content (AvgIpc) is 3.06. The van der Waals surface area contributed by atoms with Crippen molar-refractivity contribution in [2.24, 2.45) is 7.05 Å². The van der Waals surface area contributed by atoms with Crippen LogP contribution in [0.4, 0.5) is 0 Å². The number of benzene rings is 2. The van der Waals surface area contributed by atoms with E-state index >= 15 is 0 Å². The second-order valence-corrected chi connectivity index (χ2v) is 12.0. The smallest absolute Gasteiger partial charge is 0.241 e. The number of nitrogens with one attached hydrogen (secondary N) is 1. The van der Waals surface area contributed by atoms with Crippen LogP contribution in [0.3, 0.4) is 0 Å². The second-order valence-electron chi connectivity index (χ2n) is 10.3. The van der Waals surface area contributed by atoms with Crippen LogP contribution in [0.25, 0.3) is 10.9 Å². The highest BCUT2D eigenvalue weighted by Crippen LogP contribution is 2.35. The summed E-state index contributed by atoms with van der Waals surface area (Å²) >= 11 is 0. The van der Waals surface area contributed by atoms with Gasteiger partial charge in [-0.25, -0.2) is 13.1 Å². The van der Waals surface area contributed by atoms with Crippen molar-refractivity contribution in [3.05, 3.63) is 64.8 Å². The fraction of sp³-hybridized carbons (Fsp3) is 0.500. The van der Waals surface area contributed by atoms with Gasteiger partial charge in [0.15, 0.2) is 0 Å². The Kier molecular flexibility index (Phi) is 7.75. The van der Waals surface area contributed by atoms with E-state index in [0.717, 1.165) is 24.0 Å². The quantitative estimate of drug-likeness (QED) is 0.373. The minimum absolute atomic E-state index is 0.124. The first kappa shape index (κ1) is 25.5. The molecule has 3 rings (SSSR count). The Labute approximate surface area is 200 Å². The van der Waals surface area contributed by atoms with Crippen LogP contribution in [0.15, 0.2) is 47.5 Å². The van der Waals surface area contributed by atoms with E-state index in [2.05, 4.69) is 94.4 Å². The summed E-state index contributed by atoms with van der Waals surface area (Å²) in [6.07, 6.45) is 3.72. The molecule has 0 aliphatic heterocycles. The zero-order valence-electron chi connectivity index (χ0n) is 21.4. The maximum atomic E-state index is 13.7. The number of hydrogen-bond donors (Lipinski definition) is 1. The van der Waals surface area contributed by atoms with Crippen molar-refractivity contribution in [1.82, 2.24) is 9.29 Å². The monoisotopic (exact) mass is 468 g/mol. The zero-order valence-corrected chi connectivity index (χ0v) is 22.3. The van der Waals surface area contributed by atoms with Gasteiger partial charge in [-0.1, -0.05) is 71.9 Å². The van der Waals surface area contributed by atoms with E-state index in [1.54, 1.807) is 0 Å². The molecule has 180 valence electrons. The first-order valence-electron chi connectivity index (χ1n) is 12.1. The molecule has 1 heterocycles. The lowest BCUT2D eigenvalue weighted by Crippen LogP contribution is -2.34. The summed E-state index contributed by atoms with van der Waals surface area (Å²) in [5, 5.41) is 1.24. The Balaban J connectivity index is 1.89. The number of aromatic nitrogens is 1. The van der Waals surface area contributed by atoms with Gasteiger partial charge in [-0.3, -0.25) is 0 Å². The van der Waals surface area contributed by atoms with E-state index in [9.17, 15) is 8.42 Å². The Hall–Kier alpha value is -2.11. The van der Waals surface area contributed by atoms with Crippen molar-refractivity contribution in [2.45, 2.75) is 90.0 Å². The van der Waals surface area contributed by atoms with Gasteiger partial charge in [0, 0.05) is 30.2 Å². The van der Waals surface area contributed by atoms with Gasteiger partial charge < -0.3 is 4.57 Å². The van der Waals surface area contributed by atoms with E-state index in [0.29, 0.717) is 10.8 Å². The van der Waals surface area contributed by atoms with Gasteiger partial charge in [0.1, 0.15) is 0 Å². The fourth-order valence-corrected chi connectivity index (χ4v) is 6.55. The predicted molar refractivity (Wildman–Crippen MR) is 140 cm³/mol. The number of aryl methyl sites for hydroxylation is 2. The summed E-state index contributed by atoms with van der Waals surface area (Å²) in [6.45, 7) is 14.6. The highest BCUT2D eigenvalue weighted by molar-refractivity contribution is 7.89. The summed E-state index contributed by atoms with van der Waals surface area (Å²) in [5.41, 5.74) is 5.49. The molecule has 0 fully saturated rings. The summed E-state index contributed by atoms with van der Waals surface area (Å²) in [4.78, 5) is 0.480. The van der Waals surface area contributed by atoms with E-state index in [1.165, 1.54) is 22.0 Å². The third kappa shape index (κ3) is 5.52. The van der Waals surface area contributed by atoms with Gasteiger partial charge >= 0.3 is 0 Å². The third-order valence-corrected chi connectivity index (χ3v) is 8.25. The molecular weight excluding hydrogens is 428 g/mol. The van der Waals surface area contributed by atoms with Crippen LogP contribution in [0.2, 0.25) is 0 Å². The van der Waals surface area contributed by atoms with Gasteiger partial charge in [-0.15, -0.1) is 0 Å². The van der Waals surface area contributed by atoms with Crippen LogP contribution in [0.1, 0.15) is 94.9 Å². The second kappa shape index (κ2) is 10.0. The molecule has 0 radical (unpaired) electrons. The molecule has 0 saturated heterocycles. The van der Waals surface area contributed by atoms with Crippen LogP contribution >= 0.6 is 0 Å². The molecule has 5 heteroatoms. The number of sulfonamides is 1. The highest BCUT2D eigenvalue weighted by Gasteiger charge is 2.28. The molecule has 2 aromatic carbocycles. The Morgan fingerprint density at radius 3 is 2.00 bits per heavy atom. The van der Waals surface area contributed by atoms with Crippen molar-refractivity contribution in [2.75, 3.05) is 0 Å². The summed E-state index contributed by atoms with van der Waals surface area (Å²) < 4.78 is 32.5. The van der Waals surface area contributed by atoms with Crippen LogP contribution in [0.5, 0.6) is 0 Å². The fourth-order valence-electron chi connectivity index (χ4n) is 4.58. The minimum atomic E-state index is -3.65. The maximum Gasteiger partial charge on any atom is 0.241 e. The predicted octanol–water partition coefficient (Wildman–Crippen LogP) is 6.85. The van der Waals surface area contributed by atoms with Gasteiger partial charge in [-0.05, 0) is 65.8 Å². The van der Waals surface area contributed by atoms with Crippen LogP contribution < -0.4 is 4.72 Å². The molecule has 0 bridgehead atoms. The molecule has 4 nitrogen and oxygen atoms in total. The van der Waals surface area contributed by atoms with Crippen LogP contribution in [0, 0.1) is 0 Å². The molecule has 1 aromatic heterocycles. The number of fused-ring (bicyclic) bond motifs is 1. The van der Waals surface area contributed by atoms with Crippen LogP contribution in [-0.4, -0.2) is 19.0 Å². The summed E-state index contributed by atoms with van der Waals surface area (Å²) in [7, 11) is -1.59. The van der Waals surface area contributed by atoms with E-state index in [-0.39, 0.29) is 17.9 Å². The Morgan fingerprint density at radius 2 is 1.45 bits per heavy atom. The molecule has 1 atom stereocenters. The normalized spacial score (nSPS) is 13.5. The lowest BCUT2D eigenvalue weighted by molar-refractivity contribution is 0.543. The first-order valence-corrected chi connectivity index (χ1v) is 13.6. The van der Waals surface area contributed by atoms with Crippen molar-refractivity contribution >= 4 is 20.9 Å². The topological polar surface area (TPSA) is 51.1 Å². The van der Waals surface area contributed by atoms with Crippen molar-refractivity contribution in [3.63, 3.8) is 0 Å². The van der Waals surface area contributed by atoms with E-state index in [1.807, 2.05) is 13.0 Å². The molecule has 3 aromatic rings. The first-order chi connectivity index (χ1) is 15.4. The average molecular weight is 469 g/mol. The molecule has 0 saturated carbocycles. The summed E-state index contributed by atoms with van der Waals surface area (Å²) in [6, 6.07) is 12.4. The molecule has 0 aliphatic rings. The van der Waals surface area contributed by atoms with Gasteiger partial charge in [0.05, 0.1) is 4.90 Å². The standard InChI is InChI=1S/C28H40N2O2S/c1-18(2)23-15-25(19(3)4)28(26(16-23)20(5)6)33(31,32)29-21(7)13-14-22-17-30(8)27-12-10-9-11-24(22)27/h9-12,15-21,29H,13-14H2,1-8H3/t21-/m1/s1. The lowest BCUT2D eigenvalue weighted by atomic mass is 9.89. The minimum Gasteiger partial charge on any atom is -0.350 e. The molecule has 0 spiro atoms. The van der Waals surface area contributed by atoms with Crippen molar-refractivity contribution in [3.8, 4) is 0 Å². The molecule has 33 heavy (non-hydrogen) atoms. The molecular formula is C28H40N2O2S. The van der Waals surface area contributed by atoms with E-state index in [4.69, 9.17) is 0 Å². The molecule has 1 N–H and O–H groups in total. The Morgan fingerprint density at radius 1 is 0.879 bits per heavy atom. The van der Waals surface area contributed by atoms with E-state index < -0.39 is 10.0 Å². The number of hydrogen-bond acceptors (Lipinski definition) is 2. The summed E-state index contributed by atoms with van der Waals surface area (Å²) in [5.74, 6) is 0.599. The SMILES string of the molecule is CC(C)c1cc(C(C)C)c(S(=O)(=O)N[C@H](C)CCc2cn(C)c3ccccc23)c(C(C)C)c1. The number of nitrogens with zero attached hydrogens (tertiary/aromatic N) is 1. The third-order valence-electron chi connectivity index (χ3n) is 6.53. The highest BCUT2D eigenvalue weighted by atomic mass is 32.2. The number of rotatable bonds is 9. The van der Waals surface area contributed by atoms with Gasteiger partial charge in [0.25, 0.3) is 0 Å². The zero-order chi connectivity index (χ0) is 24.5. The molecule has 0 amide bonds. The Bertz CT molecular complexity index is 1190. The lowest BCUT2D eigenvalue weighted by Gasteiger charge is -2.24. The van der Waals surface area contributed by atoms with Crippen LogP contribution in [-0.2, 0) is 23.5 Å². The molecule has 0 aliphatic carbocycles. The largest absolute Gasteiger partial charge is 0.350 e. The number of para-hydroxylation sites is 1. The van der Waals surface area contributed by atoms with Crippen molar-refractivity contribution < 1.29 is 8.42 Å². The van der Waals surface area contributed by atoms with Gasteiger partial charge in [0.2, 0.25) is 10.0 Å². The van der Waals surface area contributed by atoms with Crippen molar-refractivity contribution in [1.29, 1.82) is 0 Å². The molecule has 0 unspecified atom stereocenters.